The first kappa shape index (κ1) is 23.7. The van der Waals surface area contributed by atoms with Gasteiger partial charge in [0.25, 0.3) is 0 Å². The maximum absolute atomic E-state index is 13.4. The number of anilines is 2. The number of halogens is 1. The van der Waals surface area contributed by atoms with Crippen molar-refractivity contribution in [1.29, 1.82) is 0 Å². The summed E-state index contributed by atoms with van der Waals surface area (Å²) in [6.07, 6.45) is 2.14. The van der Waals surface area contributed by atoms with Crippen molar-refractivity contribution in [1.82, 2.24) is 19.1 Å². The van der Waals surface area contributed by atoms with Gasteiger partial charge in [0.1, 0.15) is 17.4 Å². The van der Waals surface area contributed by atoms with Crippen LogP contribution in [0.4, 0.5) is 16.2 Å². The number of nitrogens with one attached hydrogen (secondary N) is 1. The smallest absolute Gasteiger partial charge is 0.355 e. The van der Waals surface area contributed by atoms with E-state index in [1.807, 2.05) is 18.2 Å². The Labute approximate surface area is 200 Å². The monoisotopic (exact) mass is 476 g/mol. The second-order valence-corrected chi connectivity index (χ2v) is 7.87. The molecule has 0 saturated carbocycles. The lowest BCUT2D eigenvalue weighted by molar-refractivity contribution is 0.414. The lowest BCUT2D eigenvalue weighted by Crippen LogP contribution is -2.43. The molecule has 9 nitrogen and oxygen atoms in total. The molecule has 4 aromatic rings. The van der Waals surface area contributed by atoms with Gasteiger partial charge in [0.2, 0.25) is 5.95 Å². The van der Waals surface area contributed by atoms with E-state index in [1.165, 1.54) is 28.8 Å². The molecule has 0 bridgehead atoms. The molecule has 2 aromatic carbocycles. The zero-order valence-corrected chi connectivity index (χ0v) is 19.1. The van der Waals surface area contributed by atoms with Crippen molar-refractivity contribution >= 4 is 11.8 Å². The second kappa shape index (κ2) is 10.6. The third-order valence-corrected chi connectivity index (χ3v) is 5.51. The molecule has 2 heterocycles. The SMILES string of the molecule is COc1ccc(Cn2c(NCCc3cccnc3N)nc(=O)n(Cc3ccc(F)cc3)c2=O)cc1. The number of aromatic nitrogens is 4. The number of hydrogen-bond acceptors (Lipinski definition) is 7. The van der Waals surface area contributed by atoms with E-state index in [0.717, 1.165) is 15.7 Å². The summed E-state index contributed by atoms with van der Waals surface area (Å²) in [5.41, 5.74) is 6.95. The first-order valence-corrected chi connectivity index (χ1v) is 11.0. The van der Waals surface area contributed by atoms with Crippen molar-refractivity contribution in [3.8, 4) is 5.75 Å². The first-order valence-electron chi connectivity index (χ1n) is 11.0. The van der Waals surface area contributed by atoms with E-state index < -0.39 is 17.2 Å². The highest BCUT2D eigenvalue weighted by molar-refractivity contribution is 5.39. The van der Waals surface area contributed by atoms with E-state index in [-0.39, 0.29) is 19.0 Å². The van der Waals surface area contributed by atoms with Gasteiger partial charge in [-0.2, -0.15) is 4.98 Å². The molecule has 0 aliphatic heterocycles. The Balaban J connectivity index is 1.66. The van der Waals surface area contributed by atoms with Crippen molar-refractivity contribution in [3.05, 3.63) is 110 Å². The van der Waals surface area contributed by atoms with Gasteiger partial charge in [-0.15, -0.1) is 0 Å². The van der Waals surface area contributed by atoms with Crippen LogP contribution in [0, 0.1) is 5.82 Å². The molecule has 0 aliphatic carbocycles. The molecule has 180 valence electrons. The fraction of sp³-hybridized carbons (Fsp3) is 0.200. The lowest BCUT2D eigenvalue weighted by Gasteiger charge is -2.16. The highest BCUT2D eigenvalue weighted by Gasteiger charge is 2.14. The Bertz CT molecular complexity index is 1420. The second-order valence-electron chi connectivity index (χ2n) is 7.87. The van der Waals surface area contributed by atoms with Gasteiger partial charge in [-0.05, 0) is 53.4 Å². The molecule has 4 rings (SSSR count). The van der Waals surface area contributed by atoms with E-state index in [4.69, 9.17) is 10.5 Å². The number of nitrogens with zero attached hydrogens (tertiary/aromatic N) is 4. The van der Waals surface area contributed by atoms with Crippen molar-refractivity contribution in [2.75, 3.05) is 24.7 Å². The molecule has 10 heteroatoms. The molecule has 0 atom stereocenters. The van der Waals surface area contributed by atoms with Gasteiger partial charge in [0.05, 0.1) is 20.2 Å². The molecule has 0 saturated heterocycles. The van der Waals surface area contributed by atoms with Gasteiger partial charge < -0.3 is 15.8 Å². The standard InChI is InChI=1S/C25H25FN6O3/c1-35-21-10-6-18(7-11-21)15-31-23(29-14-12-19-3-2-13-28-22(19)27)30-24(33)32(25(31)34)16-17-4-8-20(26)9-5-17/h2-11,13H,12,14-16H2,1H3,(H2,27,28)(H,29,30,33). The van der Waals surface area contributed by atoms with E-state index in [1.54, 1.807) is 31.5 Å². The minimum atomic E-state index is -0.700. The lowest BCUT2D eigenvalue weighted by atomic mass is 10.2. The van der Waals surface area contributed by atoms with Crippen LogP contribution in [0.1, 0.15) is 16.7 Å². The van der Waals surface area contributed by atoms with Crippen molar-refractivity contribution < 1.29 is 9.13 Å². The fourth-order valence-electron chi connectivity index (χ4n) is 3.60. The minimum Gasteiger partial charge on any atom is -0.497 e. The van der Waals surface area contributed by atoms with Crippen LogP contribution >= 0.6 is 0 Å². The summed E-state index contributed by atoms with van der Waals surface area (Å²) in [6.45, 7) is 0.531. The molecule has 35 heavy (non-hydrogen) atoms. The predicted octanol–water partition coefficient (Wildman–Crippen LogP) is 2.28. The van der Waals surface area contributed by atoms with Crippen LogP contribution in [-0.2, 0) is 19.5 Å². The molecule has 0 unspecified atom stereocenters. The quantitative estimate of drug-likeness (QED) is 0.381. The Hall–Kier alpha value is -4.47. The molecular formula is C25H25FN6O3. The number of hydrogen-bond donors (Lipinski definition) is 2. The van der Waals surface area contributed by atoms with Crippen LogP contribution in [0.15, 0.2) is 76.4 Å². The minimum absolute atomic E-state index is 0.0277. The van der Waals surface area contributed by atoms with Crippen LogP contribution in [-0.4, -0.2) is 32.8 Å². The van der Waals surface area contributed by atoms with Crippen molar-refractivity contribution in [3.63, 3.8) is 0 Å². The predicted molar refractivity (Wildman–Crippen MR) is 131 cm³/mol. The maximum atomic E-state index is 13.4. The van der Waals surface area contributed by atoms with Crippen LogP contribution in [0.5, 0.6) is 5.75 Å². The van der Waals surface area contributed by atoms with Gasteiger partial charge in [-0.25, -0.2) is 23.5 Å². The average Bonchev–Trinajstić information content (AvgIpc) is 2.86. The van der Waals surface area contributed by atoms with E-state index in [2.05, 4.69) is 15.3 Å². The average molecular weight is 477 g/mol. The Morgan fingerprint density at radius 2 is 1.63 bits per heavy atom. The van der Waals surface area contributed by atoms with Gasteiger partial charge in [-0.1, -0.05) is 30.3 Å². The van der Waals surface area contributed by atoms with Crippen LogP contribution in [0.2, 0.25) is 0 Å². The number of pyridine rings is 1. The van der Waals surface area contributed by atoms with E-state index >= 15 is 0 Å². The Morgan fingerprint density at radius 3 is 2.29 bits per heavy atom. The number of ether oxygens (including phenoxy) is 1. The van der Waals surface area contributed by atoms with Crippen molar-refractivity contribution in [2.45, 2.75) is 19.5 Å². The van der Waals surface area contributed by atoms with Crippen molar-refractivity contribution in [2.24, 2.45) is 0 Å². The van der Waals surface area contributed by atoms with E-state index in [9.17, 15) is 14.0 Å². The summed E-state index contributed by atoms with van der Waals surface area (Å²) in [5, 5.41) is 3.09. The molecule has 0 amide bonds. The molecule has 2 aromatic heterocycles. The highest BCUT2D eigenvalue weighted by atomic mass is 19.1. The zero-order chi connectivity index (χ0) is 24.8. The molecular weight excluding hydrogens is 451 g/mol. The molecule has 0 aliphatic rings. The Morgan fingerprint density at radius 1 is 0.971 bits per heavy atom. The number of rotatable bonds is 9. The normalized spacial score (nSPS) is 10.8. The van der Waals surface area contributed by atoms with Crippen LogP contribution in [0.3, 0.4) is 0 Å². The van der Waals surface area contributed by atoms with Gasteiger partial charge >= 0.3 is 11.4 Å². The largest absolute Gasteiger partial charge is 0.497 e. The van der Waals surface area contributed by atoms with Crippen LogP contribution < -0.4 is 27.2 Å². The molecule has 0 spiro atoms. The number of nitrogens with two attached hydrogens (primary N) is 1. The number of methoxy groups -OCH3 is 1. The molecule has 0 fully saturated rings. The first-order chi connectivity index (χ1) is 16.9. The van der Waals surface area contributed by atoms with E-state index in [0.29, 0.717) is 30.1 Å². The van der Waals surface area contributed by atoms with Gasteiger partial charge in [0, 0.05) is 12.7 Å². The summed E-state index contributed by atoms with van der Waals surface area (Å²) in [7, 11) is 1.58. The zero-order valence-electron chi connectivity index (χ0n) is 19.1. The Kier molecular flexibility index (Phi) is 7.20. The third kappa shape index (κ3) is 5.72. The fourth-order valence-corrected chi connectivity index (χ4v) is 3.60. The molecule has 0 radical (unpaired) electrons. The summed E-state index contributed by atoms with van der Waals surface area (Å²) in [4.78, 5) is 34.4. The number of nitrogen functional groups attached to an aromatic ring is 1. The van der Waals surface area contributed by atoms with Gasteiger partial charge in [0.15, 0.2) is 0 Å². The van der Waals surface area contributed by atoms with Gasteiger partial charge in [-0.3, -0.25) is 4.57 Å². The summed E-state index contributed by atoms with van der Waals surface area (Å²) in [5.74, 6) is 0.860. The molecule has 3 N–H and O–H groups in total. The maximum Gasteiger partial charge on any atom is 0.355 e. The summed E-state index contributed by atoms with van der Waals surface area (Å²) >= 11 is 0. The number of benzene rings is 2. The summed E-state index contributed by atoms with van der Waals surface area (Å²) in [6, 6.07) is 16.5. The highest BCUT2D eigenvalue weighted by Crippen LogP contribution is 2.14. The topological polar surface area (TPSA) is 117 Å². The van der Waals surface area contributed by atoms with Crippen LogP contribution in [0.25, 0.3) is 0 Å². The summed E-state index contributed by atoms with van der Waals surface area (Å²) < 4.78 is 20.9. The third-order valence-electron chi connectivity index (χ3n) is 5.51.